The number of halogens is 1. The van der Waals surface area contributed by atoms with Gasteiger partial charge in [0.2, 0.25) is 5.13 Å². The van der Waals surface area contributed by atoms with Gasteiger partial charge in [0.25, 0.3) is 5.91 Å². The molecule has 0 atom stereocenters. The van der Waals surface area contributed by atoms with Crippen LogP contribution in [0, 0.1) is 0 Å². The normalized spacial score (nSPS) is 10.6. The largest absolute Gasteiger partial charge is 0.367 e. The summed E-state index contributed by atoms with van der Waals surface area (Å²) in [7, 11) is 0. The fourth-order valence-corrected chi connectivity index (χ4v) is 3.32. The molecular formula is C13H14ClN3O2S2. The molecule has 1 aromatic heterocycles. The highest BCUT2D eigenvalue weighted by Gasteiger charge is 2.08. The number of anilines is 1. The fraction of sp³-hybridized carbons (Fsp3) is 0.308. The Morgan fingerprint density at radius 3 is 3.00 bits per heavy atom. The number of rotatable bonds is 7. The molecular weight excluding hydrogens is 330 g/mol. The molecule has 2 aromatic rings. The second kappa shape index (κ2) is 8.33. The minimum atomic E-state index is -0.258. The van der Waals surface area contributed by atoms with Crippen molar-refractivity contribution < 1.29 is 9.53 Å². The second-order valence-electron chi connectivity index (χ2n) is 3.94. The summed E-state index contributed by atoms with van der Waals surface area (Å²) in [6.07, 6.45) is 0. The Morgan fingerprint density at radius 2 is 2.24 bits per heavy atom. The topological polar surface area (TPSA) is 64.1 Å². The lowest BCUT2D eigenvalue weighted by Crippen LogP contribution is -2.18. The maximum Gasteiger partial charge on any atom is 0.252 e. The maximum absolute atomic E-state index is 11.7. The lowest BCUT2D eigenvalue weighted by molar-refractivity contribution is -0.121. The summed E-state index contributed by atoms with van der Waals surface area (Å²) in [5.74, 6) is 0.662. The van der Waals surface area contributed by atoms with Gasteiger partial charge in [-0.05, 0) is 17.4 Å². The van der Waals surface area contributed by atoms with E-state index in [1.54, 1.807) is 17.8 Å². The van der Waals surface area contributed by atoms with Gasteiger partial charge in [-0.2, -0.15) is 0 Å². The molecule has 0 fully saturated rings. The van der Waals surface area contributed by atoms with Crippen LogP contribution < -0.4 is 5.32 Å². The first-order chi connectivity index (χ1) is 10.2. The summed E-state index contributed by atoms with van der Waals surface area (Å²) in [5.41, 5.74) is 0.851. The molecule has 0 aliphatic heterocycles. The van der Waals surface area contributed by atoms with E-state index in [9.17, 15) is 4.79 Å². The highest BCUT2D eigenvalue weighted by molar-refractivity contribution is 8.01. The number of nitrogens with zero attached hydrogens (tertiary/aromatic N) is 2. The zero-order valence-corrected chi connectivity index (χ0v) is 13.7. The van der Waals surface area contributed by atoms with Crippen LogP contribution in [0.3, 0.4) is 0 Å². The van der Waals surface area contributed by atoms with E-state index in [0.717, 1.165) is 15.7 Å². The van der Waals surface area contributed by atoms with Crippen LogP contribution in [0.15, 0.2) is 28.6 Å². The van der Waals surface area contributed by atoms with Gasteiger partial charge in [-0.1, -0.05) is 59.8 Å². The quantitative estimate of drug-likeness (QED) is 0.616. The number of ether oxygens (including phenoxy) is 1. The Hall–Kier alpha value is -1.15. The molecule has 0 saturated carbocycles. The predicted octanol–water partition coefficient (Wildman–Crippen LogP) is 3.46. The van der Waals surface area contributed by atoms with E-state index >= 15 is 0 Å². The number of benzene rings is 1. The molecule has 1 amide bonds. The summed E-state index contributed by atoms with van der Waals surface area (Å²) in [4.78, 5) is 11.7. The second-order valence-corrected chi connectivity index (χ2v) is 6.83. The zero-order chi connectivity index (χ0) is 15.1. The highest BCUT2D eigenvalue weighted by Crippen LogP contribution is 2.24. The molecule has 0 aliphatic carbocycles. The highest BCUT2D eigenvalue weighted by atomic mass is 35.5. The van der Waals surface area contributed by atoms with Crippen molar-refractivity contribution >= 4 is 45.7 Å². The number of carbonyl (C=O) groups is 1. The van der Waals surface area contributed by atoms with E-state index < -0.39 is 0 Å². The van der Waals surface area contributed by atoms with E-state index in [1.807, 2.05) is 25.1 Å². The molecule has 0 saturated heterocycles. The van der Waals surface area contributed by atoms with Crippen LogP contribution >= 0.6 is 34.7 Å². The summed E-state index contributed by atoms with van der Waals surface area (Å²) in [6.45, 7) is 2.27. The Balaban J connectivity index is 1.75. The third kappa shape index (κ3) is 5.28. The number of hydrogen-bond acceptors (Lipinski definition) is 6. The van der Waals surface area contributed by atoms with Crippen LogP contribution in [-0.2, 0) is 16.1 Å². The third-order valence-corrected chi connectivity index (χ3v) is 4.59. The number of amides is 1. The molecule has 8 heteroatoms. The van der Waals surface area contributed by atoms with E-state index in [4.69, 9.17) is 16.3 Å². The van der Waals surface area contributed by atoms with Crippen molar-refractivity contribution in [3.63, 3.8) is 0 Å². The van der Waals surface area contributed by atoms with E-state index in [1.165, 1.54) is 11.3 Å². The van der Waals surface area contributed by atoms with Crippen LogP contribution in [0.4, 0.5) is 5.13 Å². The molecule has 0 radical (unpaired) electrons. The SMILES string of the molecule is CCSc1nnc(NC(=O)COCc2ccccc2Cl)s1. The first-order valence-corrected chi connectivity index (χ1v) is 8.44. The standard InChI is InChI=1S/C13H14ClN3O2S2/c1-2-20-13-17-16-12(21-13)15-11(18)8-19-7-9-5-3-4-6-10(9)14/h3-6H,2,7-8H2,1H3,(H,15,16,18). The molecule has 112 valence electrons. The van der Waals surface area contributed by atoms with Crippen molar-refractivity contribution in [2.24, 2.45) is 0 Å². The Morgan fingerprint density at radius 1 is 1.43 bits per heavy atom. The fourth-order valence-electron chi connectivity index (χ4n) is 1.47. The van der Waals surface area contributed by atoms with Crippen molar-refractivity contribution in [2.75, 3.05) is 17.7 Å². The number of carbonyl (C=O) groups excluding carboxylic acids is 1. The molecule has 0 bridgehead atoms. The van der Waals surface area contributed by atoms with Crippen molar-refractivity contribution in [3.8, 4) is 0 Å². The van der Waals surface area contributed by atoms with E-state index in [0.29, 0.717) is 16.8 Å². The smallest absolute Gasteiger partial charge is 0.252 e. The van der Waals surface area contributed by atoms with Gasteiger partial charge in [0.15, 0.2) is 4.34 Å². The average molecular weight is 344 g/mol. The van der Waals surface area contributed by atoms with Gasteiger partial charge in [0.1, 0.15) is 6.61 Å². The van der Waals surface area contributed by atoms with Gasteiger partial charge < -0.3 is 4.74 Å². The van der Waals surface area contributed by atoms with Crippen molar-refractivity contribution in [1.29, 1.82) is 0 Å². The van der Waals surface area contributed by atoms with Crippen LogP contribution in [0.2, 0.25) is 5.02 Å². The summed E-state index contributed by atoms with van der Waals surface area (Å²) < 4.78 is 6.18. The molecule has 0 spiro atoms. The van der Waals surface area contributed by atoms with Gasteiger partial charge in [0, 0.05) is 5.02 Å². The lowest BCUT2D eigenvalue weighted by atomic mass is 10.2. The first kappa shape index (κ1) is 16.2. The molecule has 1 heterocycles. The van der Waals surface area contributed by atoms with Crippen LogP contribution in [-0.4, -0.2) is 28.5 Å². The minimum absolute atomic E-state index is 0.0545. The van der Waals surface area contributed by atoms with Gasteiger partial charge in [-0.3, -0.25) is 10.1 Å². The maximum atomic E-state index is 11.7. The van der Waals surface area contributed by atoms with Crippen LogP contribution in [0.25, 0.3) is 0 Å². The Bertz CT molecular complexity index is 607. The van der Waals surface area contributed by atoms with Gasteiger partial charge in [-0.25, -0.2) is 0 Å². The molecule has 1 N–H and O–H groups in total. The first-order valence-electron chi connectivity index (χ1n) is 6.26. The van der Waals surface area contributed by atoms with E-state index in [-0.39, 0.29) is 12.5 Å². The molecule has 2 rings (SSSR count). The molecule has 0 unspecified atom stereocenters. The number of nitrogens with one attached hydrogen (secondary N) is 1. The Kier molecular flexibility index (Phi) is 6.44. The van der Waals surface area contributed by atoms with Gasteiger partial charge in [0.05, 0.1) is 6.61 Å². The van der Waals surface area contributed by atoms with E-state index in [2.05, 4.69) is 15.5 Å². The molecule has 5 nitrogen and oxygen atoms in total. The monoisotopic (exact) mass is 343 g/mol. The number of aromatic nitrogens is 2. The third-order valence-electron chi connectivity index (χ3n) is 2.37. The number of thioether (sulfide) groups is 1. The average Bonchev–Trinajstić information content (AvgIpc) is 2.88. The van der Waals surface area contributed by atoms with Crippen LogP contribution in [0.5, 0.6) is 0 Å². The summed E-state index contributed by atoms with van der Waals surface area (Å²) in [6, 6.07) is 7.37. The molecule has 1 aromatic carbocycles. The van der Waals surface area contributed by atoms with Gasteiger partial charge in [-0.15, -0.1) is 10.2 Å². The van der Waals surface area contributed by atoms with Crippen molar-refractivity contribution in [1.82, 2.24) is 10.2 Å². The van der Waals surface area contributed by atoms with Crippen molar-refractivity contribution in [3.05, 3.63) is 34.9 Å². The zero-order valence-electron chi connectivity index (χ0n) is 11.3. The lowest BCUT2D eigenvalue weighted by Gasteiger charge is -2.05. The summed E-state index contributed by atoms with van der Waals surface area (Å²) >= 11 is 8.94. The minimum Gasteiger partial charge on any atom is -0.367 e. The van der Waals surface area contributed by atoms with Crippen LogP contribution in [0.1, 0.15) is 12.5 Å². The predicted molar refractivity (Wildman–Crippen MR) is 86.0 cm³/mol. The molecule has 21 heavy (non-hydrogen) atoms. The summed E-state index contributed by atoms with van der Waals surface area (Å²) in [5, 5.41) is 11.6. The van der Waals surface area contributed by atoms with Crippen molar-refractivity contribution in [2.45, 2.75) is 17.9 Å². The van der Waals surface area contributed by atoms with Gasteiger partial charge >= 0.3 is 0 Å². The molecule has 0 aliphatic rings. The Labute approximate surface area is 136 Å². The number of hydrogen-bond donors (Lipinski definition) is 1.